The highest BCUT2D eigenvalue weighted by Crippen LogP contribution is 2.23. The lowest BCUT2D eigenvalue weighted by Gasteiger charge is -2.27. The number of nitrogens with two attached hydrogens (primary N) is 1. The maximum Gasteiger partial charge on any atom is 0.331 e. The minimum atomic E-state index is -0.850. The van der Waals surface area contributed by atoms with Crippen LogP contribution >= 0.6 is 0 Å². The summed E-state index contributed by atoms with van der Waals surface area (Å²) in [6.07, 6.45) is 5.77. The summed E-state index contributed by atoms with van der Waals surface area (Å²) < 4.78 is 0. The average Bonchev–Trinajstić information content (AvgIpc) is 2.34. The summed E-state index contributed by atoms with van der Waals surface area (Å²) in [5.41, 5.74) is 5.71. The first-order valence-electron chi connectivity index (χ1n) is 6.49. The number of aliphatic carboxylic acids is 1. The fraction of sp³-hybridized carbons (Fsp3) is 0.692. The molecule has 18 heavy (non-hydrogen) atoms. The second-order valence-corrected chi connectivity index (χ2v) is 4.75. The standard InChI is InChI=1S/C13H22N2O3/c1-2-9(13(17)18)7-8-15-11-5-3-10(4-6-11)12(14)16/h7,10-11,15H,2-6,8H2,1H3,(H2,14,16)(H,17,18). The van der Waals surface area contributed by atoms with Crippen molar-refractivity contribution in [1.29, 1.82) is 0 Å². The van der Waals surface area contributed by atoms with Gasteiger partial charge in [-0.1, -0.05) is 13.0 Å². The molecule has 0 aromatic rings. The molecule has 0 aromatic heterocycles. The van der Waals surface area contributed by atoms with E-state index >= 15 is 0 Å². The first-order valence-corrected chi connectivity index (χ1v) is 6.49. The Morgan fingerprint density at radius 1 is 1.33 bits per heavy atom. The SMILES string of the molecule is CCC(=CCNC1CCC(C(N)=O)CC1)C(=O)O. The molecule has 0 atom stereocenters. The number of rotatable bonds is 6. The van der Waals surface area contributed by atoms with Crippen LogP contribution in [0.3, 0.4) is 0 Å². The lowest BCUT2D eigenvalue weighted by atomic mass is 9.85. The molecule has 0 saturated heterocycles. The highest BCUT2D eigenvalue weighted by Gasteiger charge is 2.23. The molecule has 1 fully saturated rings. The molecule has 0 unspecified atom stereocenters. The molecule has 1 rings (SSSR count). The highest BCUT2D eigenvalue weighted by molar-refractivity contribution is 5.86. The van der Waals surface area contributed by atoms with Gasteiger partial charge in [-0.25, -0.2) is 4.79 Å². The second kappa shape index (κ2) is 7.16. The topological polar surface area (TPSA) is 92.4 Å². The smallest absolute Gasteiger partial charge is 0.331 e. The number of carboxylic acid groups (broad SMARTS) is 1. The van der Waals surface area contributed by atoms with E-state index in [1.54, 1.807) is 6.08 Å². The minimum Gasteiger partial charge on any atom is -0.478 e. The predicted octanol–water partition coefficient (Wildman–Crippen LogP) is 1.04. The molecule has 5 nitrogen and oxygen atoms in total. The van der Waals surface area contributed by atoms with Crippen LogP contribution in [-0.2, 0) is 9.59 Å². The van der Waals surface area contributed by atoms with Gasteiger partial charge in [-0.3, -0.25) is 4.79 Å². The van der Waals surface area contributed by atoms with E-state index in [1.165, 1.54) is 0 Å². The largest absolute Gasteiger partial charge is 0.478 e. The van der Waals surface area contributed by atoms with E-state index in [4.69, 9.17) is 10.8 Å². The number of amides is 1. The molecular weight excluding hydrogens is 232 g/mol. The molecule has 102 valence electrons. The van der Waals surface area contributed by atoms with Crippen LogP contribution in [0.15, 0.2) is 11.6 Å². The third-order valence-electron chi connectivity index (χ3n) is 3.54. The van der Waals surface area contributed by atoms with Crippen LogP contribution < -0.4 is 11.1 Å². The molecule has 4 N–H and O–H groups in total. The molecule has 1 saturated carbocycles. The lowest BCUT2D eigenvalue weighted by molar-refractivity contribution is -0.132. The fourth-order valence-electron chi connectivity index (χ4n) is 2.31. The molecule has 1 aliphatic carbocycles. The van der Waals surface area contributed by atoms with Crippen LogP contribution in [0.2, 0.25) is 0 Å². The van der Waals surface area contributed by atoms with Gasteiger partial charge in [-0.05, 0) is 32.1 Å². The molecule has 0 heterocycles. The average molecular weight is 254 g/mol. The summed E-state index contributed by atoms with van der Waals surface area (Å²) in [4.78, 5) is 21.8. The summed E-state index contributed by atoms with van der Waals surface area (Å²) in [5, 5.41) is 12.2. The van der Waals surface area contributed by atoms with E-state index in [9.17, 15) is 9.59 Å². The Morgan fingerprint density at radius 3 is 2.39 bits per heavy atom. The number of nitrogens with one attached hydrogen (secondary N) is 1. The normalized spacial score (nSPS) is 24.8. The van der Waals surface area contributed by atoms with Crippen LogP contribution in [0.4, 0.5) is 0 Å². The van der Waals surface area contributed by atoms with E-state index in [0.717, 1.165) is 25.7 Å². The number of primary amides is 1. The van der Waals surface area contributed by atoms with E-state index in [2.05, 4.69) is 5.32 Å². The monoisotopic (exact) mass is 254 g/mol. The number of carbonyl (C=O) groups excluding carboxylic acids is 1. The van der Waals surface area contributed by atoms with Gasteiger partial charge in [0.1, 0.15) is 0 Å². The molecule has 0 spiro atoms. The van der Waals surface area contributed by atoms with Gasteiger partial charge < -0.3 is 16.2 Å². The van der Waals surface area contributed by atoms with Gasteiger partial charge in [0.2, 0.25) is 5.91 Å². The van der Waals surface area contributed by atoms with Gasteiger partial charge in [0.25, 0.3) is 0 Å². The predicted molar refractivity (Wildman–Crippen MR) is 69.0 cm³/mol. The van der Waals surface area contributed by atoms with Crippen molar-refractivity contribution in [3.05, 3.63) is 11.6 Å². The third-order valence-corrected chi connectivity index (χ3v) is 3.54. The fourth-order valence-corrected chi connectivity index (χ4v) is 2.31. The summed E-state index contributed by atoms with van der Waals surface area (Å²) in [7, 11) is 0. The van der Waals surface area contributed by atoms with Crippen molar-refractivity contribution in [1.82, 2.24) is 5.32 Å². The molecular formula is C13H22N2O3. The first-order chi connectivity index (χ1) is 8.54. The van der Waals surface area contributed by atoms with E-state index < -0.39 is 5.97 Å². The van der Waals surface area contributed by atoms with Crippen LogP contribution in [-0.4, -0.2) is 29.6 Å². The number of carbonyl (C=O) groups is 2. The lowest BCUT2D eigenvalue weighted by Crippen LogP contribution is -2.36. The van der Waals surface area contributed by atoms with Crippen LogP contribution in [0, 0.1) is 5.92 Å². The molecule has 1 aliphatic rings. The summed E-state index contributed by atoms with van der Waals surface area (Å²) in [6.45, 7) is 2.40. The van der Waals surface area contributed by atoms with Crippen LogP contribution in [0.5, 0.6) is 0 Å². The number of hydrogen-bond acceptors (Lipinski definition) is 3. The summed E-state index contributed by atoms with van der Waals surface area (Å²) in [5.74, 6) is -1.03. The summed E-state index contributed by atoms with van der Waals surface area (Å²) in [6, 6.07) is 0.365. The molecule has 5 heteroatoms. The van der Waals surface area contributed by atoms with Gasteiger partial charge in [-0.2, -0.15) is 0 Å². The Labute approximate surface area is 107 Å². The Hall–Kier alpha value is -1.36. The quantitative estimate of drug-likeness (QED) is 0.617. The Morgan fingerprint density at radius 2 is 1.94 bits per heavy atom. The van der Waals surface area contributed by atoms with E-state index in [1.807, 2.05) is 6.92 Å². The van der Waals surface area contributed by atoms with Crippen molar-refractivity contribution < 1.29 is 14.7 Å². The zero-order valence-corrected chi connectivity index (χ0v) is 10.8. The first kappa shape index (κ1) is 14.7. The molecule has 0 radical (unpaired) electrons. The molecule has 0 bridgehead atoms. The molecule has 1 amide bonds. The van der Waals surface area contributed by atoms with Crippen molar-refractivity contribution in [3.63, 3.8) is 0 Å². The van der Waals surface area contributed by atoms with E-state index in [-0.39, 0.29) is 11.8 Å². The molecule has 0 aliphatic heterocycles. The van der Waals surface area contributed by atoms with Crippen molar-refractivity contribution in [2.24, 2.45) is 11.7 Å². The zero-order chi connectivity index (χ0) is 13.5. The number of carboxylic acids is 1. The highest BCUT2D eigenvalue weighted by atomic mass is 16.4. The Bertz CT molecular complexity index is 331. The van der Waals surface area contributed by atoms with Crippen LogP contribution in [0.25, 0.3) is 0 Å². The van der Waals surface area contributed by atoms with Gasteiger partial charge in [-0.15, -0.1) is 0 Å². The van der Waals surface area contributed by atoms with Crippen molar-refractivity contribution >= 4 is 11.9 Å². The summed E-state index contributed by atoms with van der Waals surface area (Å²) >= 11 is 0. The second-order valence-electron chi connectivity index (χ2n) is 4.75. The van der Waals surface area contributed by atoms with Gasteiger partial charge in [0.15, 0.2) is 0 Å². The van der Waals surface area contributed by atoms with Crippen molar-refractivity contribution in [3.8, 4) is 0 Å². The number of hydrogen-bond donors (Lipinski definition) is 3. The Kier molecular flexibility index (Phi) is 5.85. The van der Waals surface area contributed by atoms with Crippen molar-refractivity contribution in [2.75, 3.05) is 6.54 Å². The zero-order valence-electron chi connectivity index (χ0n) is 10.8. The maximum absolute atomic E-state index is 11.0. The van der Waals surface area contributed by atoms with Gasteiger partial charge in [0.05, 0.1) is 0 Å². The van der Waals surface area contributed by atoms with Gasteiger partial charge in [0, 0.05) is 24.1 Å². The van der Waals surface area contributed by atoms with Gasteiger partial charge >= 0.3 is 5.97 Å². The van der Waals surface area contributed by atoms with Crippen LogP contribution in [0.1, 0.15) is 39.0 Å². The third kappa shape index (κ3) is 4.49. The Balaban J connectivity index is 2.30. The van der Waals surface area contributed by atoms with E-state index in [0.29, 0.717) is 24.6 Å². The molecule has 0 aromatic carbocycles. The minimum absolute atomic E-state index is 0.0174. The maximum atomic E-state index is 11.0. The van der Waals surface area contributed by atoms with Crippen molar-refractivity contribution in [2.45, 2.75) is 45.1 Å².